The van der Waals surface area contributed by atoms with Gasteiger partial charge in [-0.15, -0.1) is 0 Å². The van der Waals surface area contributed by atoms with Crippen LogP contribution in [-0.2, 0) is 22.4 Å². The topological polar surface area (TPSA) is 91.4 Å². The Labute approximate surface area is 157 Å². The molecule has 0 spiro atoms. The van der Waals surface area contributed by atoms with Gasteiger partial charge >= 0.3 is 5.97 Å². The van der Waals surface area contributed by atoms with Crippen molar-refractivity contribution in [1.29, 1.82) is 0 Å². The lowest BCUT2D eigenvalue weighted by atomic mass is 10.1. The molecule has 2 aromatic carbocycles. The van der Waals surface area contributed by atoms with E-state index in [9.17, 15) is 14.7 Å². The van der Waals surface area contributed by atoms with Gasteiger partial charge in [-0.25, -0.2) is 4.79 Å². The van der Waals surface area contributed by atoms with E-state index in [0.29, 0.717) is 5.75 Å². The van der Waals surface area contributed by atoms with Crippen molar-refractivity contribution in [2.45, 2.75) is 25.8 Å². The Bertz CT molecular complexity index is 948. The van der Waals surface area contributed by atoms with Crippen LogP contribution in [0.3, 0.4) is 0 Å². The number of H-pyrrole nitrogens is 1. The Kier molecular flexibility index (Phi) is 5.76. The van der Waals surface area contributed by atoms with Crippen molar-refractivity contribution >= 4 is 22.8 Å². The number of rotatable bonds is 8. The van der Waals surface area contributed by atoms with Crippen LogP contribution in [-0.4, -0.2) is 34.6 Å². The van der Waals surface area contributed by atoms with Gasteiger partial charge in [0.2, 0.25) is 0 Å². The van der Waals surface area contributed by atoms with Crippen molar-refractivity contribution in [2.24, 2.45) is 0 Å². The summed E-state index contributed by atoms with van der Waals surface area (Å²) in [6.45, 7) is 1.80. The first-order valence-electron chi connectivity index (χ1n) is 8.85. The van der Waals surface area contributed by atoms with E-state index in [1.54, 1.807) is 12.3 Å². The lowest BCUT2D eigenvalue weighted by molar-refractivity contribution is -0.142. The molecule has 1 heterocycles. The third-order valence-corrected chi connectivity index (χ3v) is 4.41. The molecule has 3 aromatic rings. The first-order valence-corrected chi connectivity index (χ1v) is 8.85. The minimum atomic E-state index is -1.08. The summed E-state index contributed by atoms with van der Waals surface area (Å²) >= 11 is 0. The van der Waals surface area contributed by atoms with Crippen LogP contribution in [0.4, 0.5) is 0 Å². The average Bonchev–Trinajstić information content (AvgIpc) is 3.09. The number of nitrogens with one attached hydrogen (secondary N) is 2. The highest BCUT2D eigenvalue weighted by molar-refractivity contribution is 5.87. The highest BCUT2D eigenvalue weighted by Gasteiger charge is 2.22. The lowest BCUT2D eigenvalue weighted by Crippen LogP contribution is -2.44. The van der Waals surface area contributed by atoms with Gasteiger partial charge < -0.3 is 20.1 Å². The second kappa shape index (κ2) is 8.40. The fourth-order valence-electron chi connectivity index (χ4n) is 2.96. The van der Waals surface area contributed by atoms with Crippen molar-refractivity contribution in [3.05, 3.63) is 65.9 Å². The van der Waals surface area contributed by atoms with Gasteiger partial charge in [0.25, 0.3) is 5.91 Å². The number of carbonyl (C=O) groups excluding carboxylic acids is 1. The van der Waals surface area contributed by atoms with Crippen LogP contribution in [0.5, 0.6) is 5.75 Å². The van der Waals surface area contributed by atoms with E-state index in [0.717, 1.165) is 28.5 Å². The third-order valence-electron chi connectivity index (χ3n) is 4.41. The summed E-state index contributed by atoms with van der Waals surface area (Å²) < 4.78 is 5.49. The zero-order valence-corrected chi connectivity index (χ0v) is 15.1. The Balaban J connectivity index is 1.62. The van der Waals surface area contributed by atoms with Crippen LogP contribution in [0.2, 0.25) is 0 Å². The Hall–Kier alpha value is -3.28. The standard InChI is InChI=1S/C21H22N2O4/c1-2-14-6-5-7-16(10-14)27-13-20(24)23-19(21(25)26)11-15-12-22-18-9-4-3-8-17(15)18/h3-10,12,19,22H,2,11,13H2,1H3,(H,23,24)(H,25,26). The Morgan fingerprint density at radius 2 is 2.00 bits per heavy atom. The SMILES string of the molecule is CCc1cccc(OCC(=O)NC(Cc2c[nH]c3ccccc23)C(=O)O)c1. The molecule has 0 aliphatic heterocycles. The van der Waals surface area contributed by atoms with Crippen LogP contribution in [0.15, 0.2) is 54.7 Å². The van der Waals surface area contributed by atoms with Gasteiger partial charge in [-0.3, -0.25) is 4.79 Å². The molecule has 0 bridgehead atoms. The largest absolute Gasteiger partial charge is 0.484 e. The number of ether oxygens (including phenoxy) is 1. The van der Waals surface area contributed by atoms with Gasteiger partial charge in [0, 0.05) is 23.5 Å². The average molecular weight is 366 g/mol. The van der Waals surface area contributed by atoms with Gasteiger partial charge in [-0.05, 0) is 35.7 Å². The molecular weight excluding hydrogens is 344 g/mol. The number of para-hydroxylation sites is 1. The van der Waals surface area contributed by atoms with Gasteiger partial charge in [0.15, 0.2) is 6.61 Å². The highest BCUT2D eigenvalue weighted by atomic mass is 16.5. The number of hydrogen-bond donors (Lipinski definition) is 3. The summed E-state index contributed by atoms with van der Waals surface area (Å²) in [7, 11) is 0. The number of fused-ring (bicyclic) bond motifs is 1. The van der Waals surface area contributed by atoms with Crippen molar-refractivity contribution in [3.8, 4) is 5.75 Å². The molecular formula is C21H22N2O4. The first kappa shape index (κ1) is 18.5. The van der Waals surface area contributed by atoms with E-state index in [-0.39, 0.29) is 13.0 Å². The smallest absolute Gasteiger partial charge is 0.326 e. The van der Waals surface area contributed by atoms with Crippen LogP contribution in [0, 0.1) is 0 Å². The second-order valence-corrected chi connectivity index (χ2v) is 6.31. The molecule has 0 saturated carbocycles. The Morgan fingerprint density at radius 1 is 1.19 bits per heavy atom. The van der Waals surface area contributed by atoms with E-state index in [1.165, 1.54) is 0 Å². The number of aryl methyl sites for hydroxylation is 1. The quantitative estimate of drug-likeness (QED) is 0.572. The molecule has 3 N–H and O–H groups in total. The predicted molar refractivity (Wildman–Crippen MR) is 103 cm³/mol. The number of benzene rings is 2. The van der Waals surface area contributed by atoms with Gasteiger partial charge in [-0.1, -0.05) is 37.3 Å². The van der Waals surface area contributed by atoms with E-state index in [1.807, 2.05) is 49.4 Å². The molecule has 6 heteroatoms. The molecule has 1 amide bonds. The number of aliphatic carboxylic acids is 1. The molecule has 1 unspecified atom stereocenters. The number of hydrogen-bond acceptors (Lipinski definition) is 3. The summed E-state index contributed by atoms with van der Waals surface area (Å²) in [6.07, 6.45) is 2.84. The molecule has 0 radical (unpaired) electrons. The predicted octanol–water partition coefficient (Wildman–Crippen LogP) is 2.92. The minimum Gasteiger partial charge on any atom is -0.484 e. The maximum absolute atomic E-state index is 12.2. The zero-order valence-electron chi connectivity index (χ0n) is 15.1. The summed E-state index contributed by atoms with van der Waals surface area (Å²) in [5.41, 5.74) is 2.88. The molecule has 0 saturated heterocycles. The summed E-state index contributed by atoms with van der Waals surface area (Å²) in [6, 6.07) is 14.1. The van der Waals surface area contributed by atoms with E-state index in [2.05, 4.69) is 10.3 Å². The minimum absolute atomic E-state index is 0.191. The molecule has 0 aliphatic rings. The fourth-order valence-corrected chi connectivity index (χ4v) is 2.96. The summed E-state index contributed by atoms with van der Waals surface area (Å²) in [5.74, 6) is -0.959. The first-order chi connectivity index (χ1) is 13.1. The molecule has 140 valence electrons. The fraction of sp³-hybridized carbons (Fsp3) is 0.238. The maximum Gasteiger partial charge on any atom is 0.326 e. The van der Waals surface area contributed by atoms with Crippen molar-refractivity contribution in [3.63, 3.8) is 0 Å². The van der Waals surface area contributed by atoms with Crippen LogP contribution < -0.4 is 10.1 Å². The summed E-state index contributed by atoms with van der Waals surface area (Å²) in [5, 5.41) is 13.0. The van der Waals surface area contributed by atoms with Crippen LogP contribution in [0.25, 0.3) is 10.9 Å². The van der Waals surface area contributed by atoms with Gasteiger partial charge in [0.1, 0.15) is 11.8 Å². The number of carboxylic acids is 1. The van der Waals surface area contributed by atoms with E-state index >= 15 is 0 Å². The number of aromatic amines is 1. The van der Waals surface area contributed by atoms with Gasteiger partial charge in [0.05, 0.1) is 0 Å². The molecule has 6 nitrogen and oxygen atoms in total. The monoisotopic (exact) mass is 366 g/mol. The molecule has 1 atom stereocenters. The molecule has 3 rings (SSSR count). The number of amides is 1. The number of carboxylic acid groups (broad SMARTS) is 1. The van der Waals surface area contributed by atoms with Crippen LogP contribution in [0.1, 0.15) is 18.1 Å². The lowest BCUT2D eigenvalue weighted by Gasteiger charge is -2.15. The maximum atomic E-state index is 12.2. The number of aromatic nitrogens is 1. The normalized spacial score (nSPS) is 11.9. The highest BCUT2D eigenvalue weighted by Crippen LogP contribution is 2.19. The van der Waals surface area contributed by atoms with Crippen molar-refractivity contribution in [2.75, 3.05) is 6.61 Å². The molecule has 1 aromatic heterocycles. The van der Waals surface area contributed by atoms with Crippen LogP contribution >= 0.6 is 0 Å². The summed E-state index contributed by atoms with van der Waals surface area (Å²) in [4.78, 5) is 26.9. The zero-order chi connectivity index (χ0) is 19.2. The van der Waals surface area contributed by atoms with Crippen molar-refractivity contribution < 1.29 is 19.4 Å². The molecule has 0 aliphatic carbocycles. The van der Waals surface area contributed by atoms with Gasteiger partial charge in [-0.2, -0.15) is 0 Å². The van der Waals surface area contributed by atoms with Crippen molar-refractivity contribution in [1.82, 2.24) is 10.3 Å². The third kappa shape index (κ3) is 4.67. The Morgan fingerprint density at radius 3 is 2.78 bits per heavy atom. The van der Waals surface area contributed by atoms with E-state index < -0.39 is 17.9 Å². The van der Waals surface area contributed by atoms with E-state index in [4.69, 9.17) is 4.74 Å². The number of carbonyl (C=O) groups is 2. The molecule has 27 heavy (non-hydrogen) atoms. The second-order valence-electron chi connectivity index (χ2n) is 6.31. The molecule has 0 fully saturated rings.